The number of halogens is 1. The molecular formula is C26H27FN2O8S2. The number of carbonyl (C=O) groups is 2. The fourth-order valence-corrected chi connectivity index (χ4v) is 4.83. The highest BCUT2D eigenvalue weighted by Gasteiger charge is 2.26. The van der Waals surface area contributed by atoms with Gasteiger partial charge in [0.15, 0.2) is 0 Å². The Bertz CT molecular complexity index is 1450. The lowest BCUT2D eigenvalue weighted by atomic mass is 10.2. The summed E-state index contributed by atoms with van der Waals surface area (Å²) >= 11 is 0. The number of alkyl carbamates (subject to hydrolysis) is 1. The van der Waals surface area contributed by atoms with Gasteiger partial charge in [0.2, 0.25) is 10.0 Å². The molecule has 0 bridgehead atoms. The normalized spacial score (nSPS) is 12.3. The lowest BCUT2D eigenvalue weighted by Crippen LogP contribution is -2.43. The minimum absolute atomic E-state index is 0.0548. The van der Waals surface area contributed by atoms with E-state index in [1.54, 1.807) is 60.7 Å². The van der Waals surface area contributed by atoms with E-state index in [-0.39, 0.29) is 26.2 Å². The number of ether oxygens (including phenoxy) is 2. The summed E-state index contributed by atoms with van der Waals surface area (Å²) in [5, 5.41) is 2.37. The summed E-state index contributed by atoms with van der Waals surface area (Å²) in [4.78, 5) is 24.6. The standard InChI is InChI=1S/C26H27FN2O8S2/c27-39(34,35)23-13-11-20(12-14-23)17-28-38(32,33)16-15-24(25(30)36-18-21-7-3-1-4-8-21)29-26(31)37-19-22-9-5-2-6-10-22/h1-14,24,28H,15-19H2,(H,29,31)/t24-/m0/s1. The van der Waals surface area contributed by atoms with Gasteiger partial charge in [-0.3, -0.25) is 0 Å². The molecule has 0 aliphatic carbocycles. The van der Waals surface area contributed by atoms with Crippen molar-refractivity contribution in [2.75, 3.05) is 5.75 Å². The van der Waals surface area contributed by atoms with Crippen LogP contribution in [0.2, 0.25) is 0 Å². The van der Waals surface area contributed by atoms with Gasteiger partial charge in [0.05, 0.1) is 10.6 Å². The number of hydrogen-bond donors (Lipinski definition) is 2. The van der Waals surface area contributed by atoms with Gasteiger partial charge in [-0.15, -0.1) is 3.89 Å². The number of sulfonamides is 1. The Morgan fingerprint density at radius 1 is 0.744 bits per heavy atom. The van der Waals surface area contributed by atoms with Gasteiger partial charge in [-0.25, -0.2) is 22.7 Å². The number of nitrogens with one attached hydrogen (secondary N) is 2. The van der Waals surface area contributed by atoms with E-state index in [0.717, 1.165) is 17.7 Å². The Kier molecular flexibility index (Phi) is 10.5. The molecule has 1 amide bonds. The molecule has 10 nitrogen and oxygen atoms in total. The van der Waals surface area contributed by atoms with Crippen LogP contribution in [0.25, 0.3) is 0 Å². The van der Waals surface area contributed by atoms with Crippen LogP contribution in [0.15, 0.2) is 89.8 Å². The highest BCUT2D eigenvalue weighted by atomic mass is 32.3. The number of rotatable bonds is 13. The Hall–Kier alpha value is -3.81. The fourth-order valence-electron chi connectivity index (χ4n) is 3.29. The molecular weight excluding hydrogens is 551 g/mol. The van der Waals surface area contributed by atoms with Crippen LogP contribution < -0.4 is 10.0 Å². The van der Waals surface area contributed by atoms with Gasteiger partial charge < -0.3 is 14.8 Å². The van der Waals surface area contributed by atoms with E-state index < -0.39 is 49.0 Å². The van der Waals surface area contributed by atoms with Crippen molar-refractivity contribution in [2.24, 2.45) is 0 Å². The molecule has 13 heteroatoms. The van der Waals surface area contributed by atoms with Crippen molar-refractivity contribution in [2.45, 2.75) is 37.1 Å². The molecule has 3 aromatic rings. The molecule has 0 aliphatic heterocycles. The zero-order chi connectivity index (χ0) is 28.3. The Morgan fingerprint density at radius 2 is 1.28 bits per heavy atom. The van der Waals surface area contributed by atoms with E-state index in [2.05, 4.69) is 10.0 Å². The van der Waals surface area contributed by atoms with Crippen LogP contribution in [0.5, 0.6) is 0 Å². The van der Waals surface area contributed by atoms with Crippen molar-refractivity contribution in [1.82, 2.24) is 10.0 Å². The number of hydrogen-bond acceptors (Lipinski definition) is 8. The molecule has 0 aromatic heterocycles. The molecule has 0 unspecified atom stereocenters. The van der Waals surface area contributed by atoms with Crippen molar-refractivity contribution in [3.63, 3.8) is 0 Å². The first-order valence-electron chi connectivity index (χ1n) is 11.7. The van der Waals surface area contributed by atoms with Crippen LogP contribution in [0.1, 0.15) is 23.1 Å². The summed E-state index contributed by atoms with van der Waals surface area (Å²) in [5.74, 6) is -1.39. The highest BCUT2D eigenvalue weighted by molar-refractivity contribution is 7.89. The third-order valence-electron chi connectivity index (χ3n) is 5.39. The Morgan fingerprint density at radius 3 is 1.82 bits per heavy atom. The maximum absolute atomic E-state index is 13.0. The molecule has 0 saturated heterocycles. The van der Waals surface area contributed by atoms with Gasteiger partial charge in [-0.1, -0.05) is 72.8 Å². The molecule has 1 atom stereocenters. The molecule has 0 fully saturated rings. The van der Waals surface area contributed by atoms with E-state index in [4.69, 9.17) is 9.47 Å². The summed E-state index contributed by atoms with van der Waals surface area (Å²) in [5.41, 5.74) is 1.81. The summed E-state index contributed by atoms with van der Waals surface area (Å²) < 4.78 is 72.8. The number of esters is 1. The van der Waals surface area contributed by atoms with E-state index in [0.29, 0.717) is 11.1 Å². The first kappa shape index (κ1) is 29.7. The zero-order valence-corrected chi connectivity index (χ0v) is 22.3. The Balaban J connectivity index is 1.59. The Labute approximate surface area is 226 Å². The molecule has 0 saturated carbocycles. The molecule has 208 valence electrons. The second kappa shape index (κ2) is 13.8. The lowest BCUT2D eigenvalue weighted by molar-refractivity contribution is -0.147. The van der Waals surface area contributed by atoms with Crippen LogP contribution in [0, 0.1) is 0 Å². The smallest absolute Gasteiger partial charge is 0.408 e. The van der Waals surface area contributed by atoms with E-state index in [1.165, 1.54) is 12.1 Å². The summed E-state index contributed by atoms with van der Waals surface area (Å²) in [7, 11) is -8.82. The largest absolute Gasteiger partial charge is 0.459 e. The van der Waals surface area contributed by atoms with Crippen LogP contribution in [0.4, 0.5) is 8.68 Å². The van der Waals surface area contributed by atoms with Crippen LogP contribution in [0.3, 0.4) is 0 Å². The van der Waals surface area contributed by atoms with E-state index in [9.17, 15) is 30.3 Å². The molecule has 0 radical (unpaired) electrons. The van der Waals surface area contributed by atoms with Crippen LogP contribution in [-0.4, -0.2) is 40.7 Å². The van der Waals surface area contributed by atoms with Crippen molar-refractivity contribution < 1.29 is 39.8 Å². The molecule has 0 heterocycles. The first-order chi connectivity index (χ1) is 18.5. The average Bonchev–Trinajstić information content (AvgIpc) is 2.92. The van der Waals surface area contributed by atoms with Crippen molar-refractivity contribution in [3.05, 3.63) is 102 Å². The van der Waals surface area contributed by atoms with E-state index in [1.807, 2.05) is 0 Å². The first-order valence-corrected chi connectivity index (χ1v) is 14.7. The van der Waals surface area contributed by atoms with Gasteiger partial charge in [0, 0.05) is 6.54 Å². The monoisotopic (exact) mass is 578 g/mol. The molecule has 0 spiro atoms. The summed E-state index contributed by atoms with van der Waals surface area (Å²) in [6.07, 6.45) is -1.24. The van der Waals surface area contributed by atoms with E-state index >= 15 is 0 Å². The van der Waals surface area contributed by atoms with Crippen LogP contribution >= 0.6 is 0 Å². The highest BCUT2D eigenvalue weighted by Crippen LogP contribution is 2.13. The SMILES string of the molecule is O=C(N[C@@H](CCS(=O)(=O)NCc1ccc(S(=O)(=O)F)cc1)C(=O)OCc1ccccc1)OCc1ccccc1. The zero-order valence-electron chi connectivity index (χ0n) is 20.7. The van der Waals surface area contributed by atoms with Crippen molar-refractivity contribution in [3.8, 4) is 0 Å². The molecule has 2 N–H and O–H groups in total. The molecule has 3 aromatic carbocycles. The maximum atomic E-state index is 13.0. The minimum Gasteiger partial charge on any atom is -0.459 e. The molecule has 39 heavy (non-hydrogen) atoms. The third-order valence-corrected chi connectivity index (χ3v) is 7.58. The number of amides is 1. The topological polar surface area (TPSA) is 145 Å². The molecule has 0 aliphatic rings. The summed E-state index contributed by atoms with van der Waals surface area (Å²) in [6, 6.07) is 20.9. The maximum Gasteiger partial charge on any atom is 0.408 e. The minimum atomic E-state index is -4.87. The molecule has 3 rings (SSSR count). The lowest BCUT2D eigenvalue weighted by Gasteiger charge is -2.18. The number of carbonyl (C=O) groups excluding carboxylic acids is 2. The quantitative estimate of drug-likeness (QED) is 0.232. The van der Waals surface area contributed by atoms with Gasteiger partial charge >= 0.3 is 22.3 Å². The average molecular weight is 579 g/mol. The second-order valence-corrected chi connectivity index (χ2v) is 11.6. The van der Waals surface area contributed by atoms with Crippen molar-refractivity contribution in [1.29, 1.82) is 0 Å². The fraction of sp³-hybridized carbons (Fsp3) is 0.231. The van der Waals surface area contributed by atoms with Crippen LogP contribution in [-0.2, 0) is 54.3 Å². The van der Waals surface area contributed by atoms with Gasteiger partial charge in [-0.05, 0) is 35.2 Å². The van der Waals surface area contributed by atoms with Gasteiger partial charge in [0.25, 0.3) is 0 Å². The summed E-state index contributed by atoms with van der Waals surface area (Å²) in [6.45, 7) is -0.335. The van der Waals surface area contributed by atoms with Gasteiger partial charge in [0.1, 0.15) is 19.3 Å². The predicted molar refractivity (Wildman–Crippen MR) is 140 cm³/mol. The van der Waals surface area contributed by atoms with Crippen molar-refractivity contribution >= 4 is 32.3 Å². The van der Waals surface area contributed by atoms with Gasteiger partial charge in [-0.2, -0.15) is 8.42 Å². The predicted octanol–water partition coefficient (Wildman–Crippen LogP) is 3.19. The number of benzene rings is 3. The third kappa shape index (κ3) is 10.5. The second-order valence-electron chi connectivity index (χ2n) is 8.36.